The lowest BCUT2D eigenvalue weighted by Crippen LogP contribution is -2.35. The van der Waals surface area contributed by atoms with Gasteiger partial charge in [0.15, 0.2) is 0 Å². The van der Waals surface area contributed by atoms with Crippen LogP contribution >= 0.6 is 0 Å². The molecule has 0 bridgehead atoms. The second kappa shape index (κ2) is 14.0. The third-order valence-corrected chi connectivity index (χ3v) is 8.82. The minimum Gasteiger partial charge on any atom is -0.391 e. The number of aromatic nitrogens is 2. The van der Waals surface area contributed by atoms with E-state index in [2.05, 4.69) is 61.0 Å². The lowest BCUT2D eigenvalue weighted by Gasteiger charge is -2.36. The monoisotopic (exact) mass is 558 g/mol. The Labute approximate surface area is 239 Å². The summed E-state index contributed by atoms with van der Waals surface area (Å²) in [5.74, 6) is 0. The zero-order valence-electron chi connectivity index (χ0n) is 23.8. The Hall–Kier alpha value is -3.07. The summed E-state index contributed by atoms with van der Waals surface area (Å²) in [5.41, 5.74) is 2.75. The minimum atomic E-state index is -1.17. The van der Waals surface area contributed by atoms with Crippen molar-refractivity contribution in [3.63, 3.8) is 0 Å². The minimum absolute atomic E-state index is 0.102. The predicted molar refractivity (Wildman–Crippen MR) is 162 cm³/mol. The molecule has 0 saturated carbocycles. The van der Waals surface area contributed by atoms with Gasteiger partial charge in [-0.1, -0.05) is 111 Å². The second-order valence-corrected chi connectivity index (χ2v) is 17.1. The maximum Gasteiger partial charge on any atom is 0.143 e. The average Bonchev–Trinajstić information content (AvgIpc) is 3.44. The van der Waals surface area contributed by atoms with Gasteiger partial charge in [-0.05, 0) is 35.6 Å². The van der Waals surface area contributed by atoms with Crippen LogP contribution in [0.5, 0.6) is 0 Å². The molecule has 2 atom stereocenters. The van der Waals surface area contributed by atoms with Crippen molar-refractivity contribution in [2.75, 3.05) is 13.2 Å². The Morgan fingerprint density at radius 3 is 1.82 bits per heavy atom. The molecule has 40 heavy (non-hydrogen) atoms. The maximum absolute atomic E-state index is 11.0. The van der Waals surface area contributed by atoms with Gasteiger partial charge in [-0.25, -0.2) is 4.98 Å². The first-order chi connectivity index (χ1) is 19.3. The van der Waals surface area contributed by atoms with Crippen LogP contribution in [-0.2, 0) is 21.8 Å². The normalized spacial score (nSPS) is 13.7. The van der Waals surface area contributed by atoms with E-state index in [1.165, 1.54) is 0 Å². The highest BCUT2D eigenvalue weighted by Gasteiger charge is 2.38. The van der Waals surface area contributed by atoms with E-state index < -0.39 is 25.9 Å². The largest absolute Gasteiger partial charge is 0.391 e. The van der Waals surface area contributed by atoms with E-state index in [4.69, 9.17) is 9.47 Å². The number of hydrogen-bond acceptors (Lipinski definition) is 5. The summed E-state index contributed by atoms with van der Waals surface area (Å²) >= 11 is 0. The van der Waals surface area contributed by atoms with Crippen LogP contribution in [0.3, 0.4) is 0 Å². The Morgan fingerprint density at radius 1 is 0.800 bits per heavy atom. The fourth-order valence-electron chi connectivity index (χ4n) is 4.83. The van der Waals surface area contributed by atoms with Crippen LogP contribution in [0.4, 0.5) is 0 Å². The fraction of sp³-hybridized carbons (Fsp3) is 0.364. The van der Waals surface area contributed by atoms with Crippen molar-refractivity contribution in [3.8, 4) is 0 Å². The quantitative estimate of drug-likeness (QED) is 0.101. The van der Waals surface area contributed by atoms with Gasteiger partial charge in [-0.15, -0.1) is 0 Å². The van der Waals surface area contributed by atoms with Gasteiger partial charge < -0.3 is 24.3 Å². The van der Waals surface area contributed by atoms with Crippen LogP contribution < -0.4 is 0 Å². The van der Waals surface area contributed by atoms with Crippen LogP contribution in [0.25, 0.3) is 0 Å². The third kappa shape index (κ3) is 7.77. The first-order valence-electron chi connectivity index (χ1n) is 14.0. The van der Waals surface area contributed by atoms with Crippen molar-refractivity contribution in [1.82, 2.24) is 9.55 Å². The molecule has 7 heteroatoms. The van der Waals surface area contributed by atoms with Gasteiger partial charge in [0, 0.05) is 14.7 Å². The van der Waals surface area contributed by atoms with E-state index in [-0.39, 0.29) is 6.61 Å². The predicted octanol–water partition coefficient (Wildman–Crippen LogP) is 6.38. The Bertz CT molecular complexity index is 1180. The molecule has 0 radical (unpaired) electrons. The molecule has 212 valence electrons. The first kappa shape index (κ1) is 29.9. The molecule has 2 N–H and O–H groups in total. The van der Waals surface area contributed by atoms with Gasteiger partial charge in [0.2, 0.25) is 0 Å². The van der Waals surface area contributed by atoms with Crippen LogP contribution in [0.15, 0.2) is 104 Å². The summed E-state index contributed by atoms with van der Waals surface area (Å²) in [6.45, 7) is 8.12. The van der Waals surface area contributed by atoms with Gasteiger partial charge in [0.25, 0.3) is 0 Å². The molecular formula is C33H42N2O4Si. The van der Waals surface area contributed by atoms with Crippen molar-refractivity contribution in [2.45, 2.75) is 63.1 Å². The summed E-state index contributed by atoms with van der Waals surface area (Å²) < 4.78 is 14.4. The molecular weight excluding hydrogens is 516 g/mol. The SMILES string of the molecule is C[Si](C)(C)CCOCn1cncc1C(O)CC[C@H](O)COC(c1ccccc1)(c1ccccc1)c1ccccc1. The summed E-state index contributed by atoms with van der Waals surface area (Å²) in [7, 11) is -1.17. The fourth-order valence-corrected chi connectivity index (χ4v) is 5.59. The molecule has 3 aromatic carbocycles. The highest BCUT2D eigenvalue weighted by Crippen LogP contribution is 2.40. The molecule has 0 spiro atoms. The summed E-state index contributed by atoms with van der Waals surface area (Å²) in [5, 5.41) is 22.0. The van der Waals surface area contributed by atoms with Gasteiger partial charge in [-0.3, -0.25) is 0 Å². The number of aliphatic hydroxyl groups is 2. The Kier molecular flexibility index (Phi) is 10.5. The van der Waals surface area contributed by atoms with Crippen LogP contribution in [-0.4, -0.2) is 47.2 Å². The molecule has 1 aromatic heterocycles. The van der Waals surface area contributed by atoms with E-state index in [0.717, 1.165) is 22.7 Å². The number of benzene rings is 3. The summed E-state index contributed by atoms with van der Waals surface area (Å²) in [6, 6.07) is 31.4. The molecule has 0 aliphatic rings. The van der Waals surface area contributed by atoms with E-state index in [1.807, 2.05) is 59.2 Å². The van der Waals surface area contributed by atoms with Crippen molar-refractivity contribution in [3.05, 3.63) is 126 Å². The standard InChI is InChI=1S/C33H42N2O4Si/c1-40(2,3)22-21-38-26-35-25-34-23-31(35)32(37)20-19-30(36)24-39-33(27-13-7-4-8-14-27,28-15-9-5-10-16-28)29-17-11-6-12-18-29/h4-18,23,25,30,32,36-37H,19-22,24,26H2,1-3H3/t30-,32?/m0/s1. The second-order valence-electron chi connectivity index (χ2n) is 11.5. The number of hydrogen-bond donors (Lipinski definition) is 2. The first-order valence-corrected chi connectivity index (χ1v) is 17.7. The summed E-state index contributed by atoms with van der Waals surface area (Å²) in [6.07, 6.45) is 2.56. The topological polar surface area (TPSA) is 76.7 Å². The zero-order chi connectivity index (χ0) is 28.4. The van der Waals surface area contributed by atoms with Crippen LogP contribution in [0.1, 0.15) is 41.3 Å². The number of imidazole rings is 1. The lowest BCUT2D eigenvalue weighted by atomic mass is 9.80. The van der Waals surface area contributed by atoms with Crippen molar-refractivity contribution >= 4 is 8.07 Å². The molecule has 0 aliphatic heterocycles. The van der Waals surface area contributed by atoms with Gasteiger partial charge in [-0.2, -0.15) is 0 Å². The lowest BCUT2D eigenvalue weighted by molar-refractivity contribution is -0.0434. The molecule has 0 fully saturated rings. The summed E-state index contributed by atoms with van der Waals surface area (Å²) in [4.78, 5) is 4.21. The Balaban J connectivity index is 1.44. The van der Waals surface area contributed by atoms with E-state index in [9.17, 15) is 10.2 Å². The molecule has 0 saturated heterocycles. The molecule has 1 unspecified atom stereocenters. The molecule has 4 rings (SSSR count). The average molecular weight is 559 g/mol. The maximum atomic E-state index is 11.0. The van der Waals surface area contributed by atoms with Gasteiger partial charge in [0.1, 0.15) is 12.3 Å². The third-order valence-electron chi connectivity index (χ3n) is 7.12. The number of nitrogens with zero attached hydrogens (tertiary/aromatic N) is 2. The highest BCUT2D eigenvalue weighted by atomic mass is 28.3. The van der Waals surface area contributed by atoms with E-state index >= 15 is 0 Å². The number of aliphatic hydroxyl groups excluding tert-OH is 2. The van der Waals surface area contributed by atoms with Gasteiger partial charge in [0.05, 0.1) is 37.0 Å². The Morgan fingerprint density at radius 2 is 1.32 bits per heavy atom. The van der Waals surface area contributed by atoms with Crippen molar-refractivity contribution in [1.29, 1.82) is 0 Å². The smallest absolute Gasteiger partial charge is 0.143 e. The van der Waals surface area contributed by atoms with Crippen molar-refractivity contribution in [2.24, 2.45) is 0 Å². The number of ether oxygens (including phenoxy) is 2. The molecule has 1 heterocycles. The van der Waals surface area contributed by atoms with Crippen LogP contribution in [0.2, 0.25) is 25.7 Å². The van der Waals surface area contributed by atoms with Crippen LogP contribution in [0, 0.1) is 0 Å². The molecule has 6 nitrogen and oxygen atoms in total. The van der Waals surface area contributed by atoms with Gasteiger partial charge >= 0.3 is 0 Å². The van der Waals surface area contributed by atoms with Crippen molar-refractivity contribution < 1.29 is 19.7 Å². The molecule has 0 aliphatic carbocycles. The van der Waals surface area contributed by atoms with E-state index in [0.29, 0.717) is 31.9 Å². The molecule has 0 amide bonds. The number of rotatable bonds is 15. The zero-order valence-corrected chi connectivity index (χ0v) is 24.8. The molecule has 4 aromatic rings. The highest BCUT2D eigenvalue weighted by molar-refractivity contribution is 6.76. The van der Waals surface area contributed by atoms with E-state index in [1.54, 1.807) is 12.5 Å².